The van der Waals surface area contributed by atoms with E-state index in [-0.39, 0.29) is 11.9 Å². The van der Waals surface area contributed by atoms with Gasteiger partial charge in [0.05, 0.1) is 19.4 Å². The molecule has 2 N–H and O–H groups in total. The fraction of sp³-hybridized carbons (Fsp3) is 0.263. The van der Waals surface area contributed by atoms with Crippen molar-refractivity contribution < 1.29 is 19.1 Å². The van der Waals surface area contributed by atoms with Gasteiger partial charge in [0.1, 0.15) is 5.75 Å². The van der Waals surface area contributed by atoms with E-state index in [2.05, 4.69) is 10.6 Å². The molecule has 25 heavy (non-hydrogen) atoms. The zero-order valence-corrected chi connectivity index (χ0v) is 14.5. The Bertz CT molecular complexity index is 731. The van der Waals surface area contributed by atoms with Crippen molar-refractivity contribution >= 4 is 23.3 Å². The third kappa shape index (κ3) is 4.97. The van der Waals surface area contributed by atoms with E-state index >= 15 is 0 Å². The number of carbonyl (C=O) groups is 2. The number of anilines is 2. The number of nitrogens with one attached hydrogen (secondary N) is 2. The van der Waals surface area contributed by atoms with Crippen LogP contribution in [0.2, 0.25) is 0 Å². The Morgan fingerprint density at radius 2 is 1.84 bits per heavy atom. The largest absolute Gasteiger partial charge is 0.494 e. The highest BCUT2D eigenvalue weighted by atomic mass is 16.5. The number of ether oxygens (including phenoxy) is 2. The third-order valence-electron chi connectivity index (χ3n) is 3.48. The third-order valence-corrected chi connectivity index (χ3v) is 3.48. The van der Waals surface area contributed by atoms with Crippen LogP contribution in [0.5, 0.6) is 5.75 Å². The first-order valence-corrected chi connectivity index (χ1v) is 7.99. The lowest BCUT2D eigenvalue weighted by molar-refractivity contribution is -0.144. The summed E-state index contributed by atoms with van der Waals surface area (Å²) in [5, 5.41) is 5.86. The van der Waals surface area contributed by atoms with Crippen molar-refractivity contribution in [1.82, 2.24) is 0 Å². The molecule has 1 amide bonds. The highest BCUT2D eigenvalue weighted by Gasteiger charge is 2.22. The number of esters is 1. The number of rotatable bonds is 7. The van der Waals surface area contributed by atoms with Gasteiger partial charge in [0.2, 0.25) is 5.91 Å². The molecule has 0 aliphatic carbocycles. The molecule has 6 nitrogen and oxygen atoms in total. The molecular formula is C19H22N2O4. The molecule has 2 aromatic carbocycles. The van der Waals surface area contributed by atoms with Gasteiger partial charge in [-0.25, -0.2) is 4.79 Å². The molecule has 2 rings (SSSR count). The van der Waals surface area contributed by atoms with Gasteiger partial charge in [-0.3, -0.25) is 4.79 Å². The molecule has 0 aliphatic rings. The lowest BCUT2D eigenvalue weighted by Crippen LogP contribution is -2.23. The SMILES string of the molecule is CCOC(=O)C(Nc1ccc(NC(C)=O)c(OC)c1)c1ccccc1. The van der Waals surface area contributed by atoms with E-state index in [1.807, 2.05) is 30.3 Å². The molecule has 0 radical (unpaired) electrons. The fourth-order valence-corrected chi connectivity index (χ4v) is 2.39. The topological polar surface area (TPSA) is 76.7 Å². The normalized spacial score (nSPS) is 11.3. The van der Waals surface area contributed by atoms with Crippen LogP contribution in [0, 0.1) is 0 Å². The molecule has 0 heterocycles. The number of hydrogen-bond acceptors (Lipinski definition) is 5. The maximum atomic E-state index is 12.3. The molecule has 1 atom stereocenters. The van der Waals surface area contributed by atoms with E-state index < -0.39 is 6.04 Å². The van der Waals surface area contributed by atoms with Crippen LogP contribution in [-0.4, -0.2) is 25.6 Å². The predicted octanol–water partition coefficient (Wildman–Crippen LogP) is 3.37. The van der Waals surface area contributed by atoms with E-state index in [0.29, 0.717) is 23.7 Å². The second kappa shape index (κ2) is 8.73. The Hall–Kier alpha value is -3.02. The van der Waals surface area contributed by atoms with Gasteiger partial charge >= 0.3 is 5.97 Å². The zero-order chi connectivity index (χ0) is 18.2. The van der Waals surface area contributed by atoms with Crippen LogP contribution >= 0.6 is 0 Å². The van der Waals surface area contributed by atoms with Crippen molar-refractivity contribution in [1.29, 1.82) is 0 Å². The minimum absolute atomic E-state index is 0.187. The van der Waals surface area contributed by atoms with Crippen molar-refractivity contribution in [3.8, 4) is 5.75 Å². The predicted molar refractivity (Wildman–Crippen MR) is 96.7 cm³/mol. The van der Waals surface area contributed by atoms with Gasteiger partial charge in [0.15, 0.2) is 6.04 Å². The summed E-state index contributed by atoms with van der Waals surface area (Å²) in [6.45, 7) is 3.50. The van der Waals surface area contributed by atoms with Crippen molar-refractivity contribution in [3.05, 3.63) is 54.1 Å². The van der Waals surface area contributed by atoms with Crippen molar-refractivity contribution in [2.45, 2.75) is 19.9 Å². The average Bonchev–Trinajstić information content (AvgIpc) is 2.61. The summed E-state index contributed by atoms with van der Waals surface area (Å²) in [6.07, 6.45) is 0. The number of benzene rings is 2. The van der Waals surface area contributed by atoms with Gasteiger partial charge in [0.25, 0.3) is 0 Å². The monoisotopic (exact) mass is 342 g/mol. The van der Waals surface area contributed by atoms with Crippen LogP contribution in [0.3, 0.4) is 0 Å². The number of amides is 1. The maximum Gasteiger partial charge on any atom is 0.333 e. The quantitative estimate of drug-likeness (QED) is 0.755. The fourth-order valence-electron chi connectivity index (χ4n) is 2.39. The molecule has 0 bridgehead atoms. The summed E-state index contributed by atoms with van der Waals surface area (Å²) >= 11 is 0. The summed E-state index contributed by atoms with van der Waals surface area (Å²) in [6, 6.07) is 13.9. The molecule has 0 aliphatic heterocycles. The van der Waals surface area contributed by atoms with Gasteiger partial charge < -0.3 is 20.1 Å². The van der Waals surface area contributed by atoms with Gasteiger partial charge in [-0.2, -0.15) is 0 Å². The lowest BCUT2D eigenvalue weighted by atomic mass is 10.1. The van der Waals surface area contributed by atoms with Gasteiger partial charge in [-0.15, -0.1) is 0 Å². The summed E-state index contributed by atoms with van der Waals surface area (Å²) in [5.74, 6) is -0.0535. The summed E-state index contributed by atoms with van der Waals surface area (Å²) < 4.78 is 10.5. The van der Waals surface area contributed by atoms with E-state index in [9.17, 15) is 9.59 Å². The minimum atomic E-state index is -0.641. The Morgan fingerprint density at radius 3 is 2.44 bits per heavy atom. The molecule has 0 spiro atoms. The highest BCUT2D eigenvalue weighted by molar-refractivity contribution is 5.91. The molecule has 0 saturated heterocycles. The molecule has 0 aromatic heterocycles. The standard InChI is InChI=1S/C19H22N2O4/c1-4-25-19(23)18(14-8-6-5-7-9-14)21-15-10-11-16(20-13(2)22)17(12-15)24-3/h5-12,18,21H,4H2,1-3H3,(H,20,22). The van der Waals surface area contributed by atoms with E-state index in [1.54, 1.807) is 25.1 Å². The van der Waals surface area contributed by atoms with E-state index in [1.165, 1.54) is 14.0 Å². The zero-order valence-electron chi connectivity index (χ0n) is 14.5. The van der Waals surface area contributed by atoms with Crippen LogP contribution in [0.1, 0.15) is 25.5 Å². The molecule has 2 aromatic rings. The Balaban J connectivity index is 2.29. The van der Waals surface area contributed by atoms with Gasteiger partial charge in [-0.1, -0.05) is 30.3 Å². The first-order valence-electron chi connectivity index (χ1n) is 7.99. The van der Waals surface area contributed by atoms with Crippen molar-refractivity contribution in [2.75, 3.05) is 24.4 Å². The molecule has 0 fully saturated rings. The first kappa shape index (κ1) is 18.3. The Morgan fingerprint density at radius 1 is 1.12 bits per heavy atom. The average molecular weight is 342 g/mol. The number of carbonyl (C=O) groups excluding carboxylic acids is 2. The van der Waals surface area contributed by atoms with Crippen LogP contribution in [-0.2, 0) is 14.3 Å². The van der Waals surface area contributed by atoms with Crippen molar-refractivity contribution in [3.63, 3.8) is 0 Å². The number of methoxy groups -OCH3 is 1. The van der Waals surface area contributed by atoms with Crippen molar-refractivity contribution in [2.24, 2.45) is 0 Å². The summed E-state index contributed by atoms with van der Waals surface area (Å²) in [4.78, 5) is 23.6. The van der Waals surface area contributed by atoms with Gasteiger partial charge in [-0.05, 0) is 24.6 Å². The minimum Gasteiger partial charge on any atom is -0.494 e. The molecular weight excluding hydrogens is 320 g/mol. The molecule has 132 valence electrons. The van der Waals surface area contributed by atoms with Crippen LogP contribution in [0.4, 0.5) is 11.4 Å². The Labute approximate surface area is 147 Å². The van der Waals surface area contributed by atoms with Crippen LogP contribution in [0.15, 0.2) is 48.5 Å². The lowest BCUT2D eigenvalue weighted by Gasteiger charge is -2.20. The maximum absolute atomic E-state index is 12.3. The summed E-state index contributed by atoms with van der Waals surface area (Å²) in [7, 11) is 1.52. The van der Waals surface area contributed by atoms with E-state index in [0.717, 1.165) is 5.56 Å². The smallest absolute Gasteiger partial charge is 0.333 e. The van der Waals surface area contributed by atoms with Crippen LogP contribution in [0.25, 0.3) is 0 Å². The second-order valence-corrected chi connectivity index (χ2v) is 5.34. The highest BCUT2D eigenvalue weighted by Crippen LogP contribution is 2.30. The number of hydrogen-bond donors (Lipinski definition) is 2. The molecule has 6 heteroatoms. The van der Waals surface area contributed by atoms with Gasteiger partial charge in [0, 0.05) is 18.7 Å². The second-order valence-electron chi connectivity index (χ2n) is 5.34. The molecule has 1 unspecified atom stereocenters. The molecule has 0 saturated carbocycles. The van der Waals surface area contributed by atoms with Crippen LogP contribution < -0.4 is 15.4 Å². The first-order chi connectivity index (χ1) is 12.0. The summed E-state index contributed by atoms with van der Waals surface area (Å²) in [5.41, 5.74) is 2.03. The van der Waals surface area contributed by atoms with E-state index in [4.69, 9.17) is 9.47 Å². The Kier molecular flexibility index (Phi) is 6.39.